The van der Waals surface area contributed by atoms with Gasteiger partial charge in [0.1, 0.15) is 12.3 Å². The van der Waals surface area contributed by atoms with Gasteiger partial charge in [0.05, 0.1) is 12.6 Å². The van der Waals surface area contributed by atoms with Crippen LogP contribution in [0.1, 0.15) is 23.6 Å². The molecule has 0 fully saturated rings. The highest BCUT2D eigenvalue weighted by Gasteiger charge is 2.24. The van der Waals surface area contributed by atoms with Gasteiger partial charge >= 0.3 is 0 Å². The molecule has 3 N–H and O–H groups in total. The number of nitrogens with zero attached hydrogens (tertiary/aromatic N) is 2. The molecule has 0 bridgehead atoms. The number of carbonyl (C=O) groups excluding carboxylic acids is 1. The van der Waals surface area contributed by atoms with Gasteiger partial charge in [-0.1, -0.05) is 36.4 Å². The molecule has 6 heteroatoms. The Labute approximate surface area is 152 Å². The molecule has 26 heavy (non-hydrogen) atoms. The van der Waals surface area contributed by atoms with Gasteiger partial charge in [0.2, 0.25) is 5.91 Å². The van der Waals surface area contributed by atoms with Gasteiger partial charge in [-0.3, -0.25) is 4.79 Å². The van der Waals surface area contributed by atoms with Crippen LogP contribution in [0, 0.1) is 0 Å². The minimum atomic E-state index is -0.0351. The molecule has 1 unspecified atom stereocenters. The van der Waals surface area contributed by atoms with E-state index in [4.69, 9.17) is 10.5 Å². The molecule has 0 saturated carbocycles. The van der Waals surface area contributed by atoms with Crippen molar-refractivity contribution in [2.75, 3.05) is 24.6 Å². The molecule has 0 saturated heterocycles. The lowest BCUT2D eigenvalue weighted by Gasteiger charge is -2.27. The summed E-state index contributed by atoms with van der Waals surface area (Å²) in [4.78, 5) is 18.6. The largest absolute Gasteiger partial charge is 0.493 e. The van der Waals surface area contributed by atoms with Gasteiger partial charge in [-0.15, -0.1) is 0 Å². The molecule has 2 aromatic carbocycles. The number of amides is 1. The molecule has 1 atom stereocenters. The molecule has 2 aromatic rings. The normalized spacial score (nSPS) is 18.7. The standard InChI is InChI=1S/C20H22N4O2/c21-20(23-16-10-12-26-18-8-4-2-6-15(16)18)22-13-19(25)24-11-9-14-5-1-3-7-17(14)24/h1-8,16H,9-13H2,(H3,21,22,23). The van der Waals surface area contributed by atoms with Gasteiger partial charge < -0.3 is 20.7 Å². The third kappa shape index (κ3) is 3.22. The van der Waals surface area contributed by atoms with Crippen LogP contribution in [0.5, 0.6) is 5.75 Å². The van der Waals surface area contributed by atoms with Crippen LogP contribution in [0.25, 0.3) is 0 Å². The number of rotatable bonds is 3. The van der Waals surface area contributed by atoms with E-state index in [1.807, 2.05) is 42.5 Å². The van der Waals surface area contributed by atoms with Crippen LogP contribution in [0.3, 0.4) is 0 Å². The second kappa shape index (κ2) is 7.07. The number of benzene rings is 2. The Morgan fingerprint density at radius 2 is 2.04 bits per heavy atom. The highest BCUT2D eigenvalue weighted by atomic mass is 16.5. The van der Waals surface area contributed by atoms with Gasteiger partial charge in [0, 0.05) is 24.2 Å². The fraction of sp³-hybridized carbons (Fsp3) is 0.300. The smallest absolute Gasteiger partial charge is 0.248 e. The van der Waals surface area contributed by atoms with Gasteiger partial charge in [0.15, 0.2) is 5.96 Å². The molecule has 0 radical (unpaired) electrons. The second-order valence-electron chi connectivity index (χ2n) is 6.50. The van der Waals surface area contributed by atoms with Gasteiger partial charge in [0.25, 0.3) is 0 Å². The lowest BCUT2D eigenvalue weighted by atomic mass is 10.0. The molecule has 6 nitrogen and oxygen atoms in total. The average molecular weight is 350 g/mol. The van der Waals surface area contributed by atoms with Crippen molar-refractivity contribution in [3.8, 4) is 5.75 Å². The molecule has 0 spiro atoms. The first-order valence-electron chi connectivity index (χ1n) is 8.89. The summed E-state index contributed by atoms with van der Waals surface area (Å²) in [6, 6.07) is 15.9. The van der Waals surface area contributed by atoms with Crippen molar-refractivity contribution in [1.29, 1.82) is 0 Å². The van der Waals surface area contributed by atoms with E-state index in [2.05, 4.69) is 16.4 Å². The number of para-hydroxylation sites is 2. The van der Waals surface area contributed by atoms with E-state index in [0.717, 1.165) is 29.8 Å². The summed E-state index contributed by atoms with van der Waals surface area (Å²) in [7, 11) is 0. The predicted molar refractivity (Wildman–Crippen MR) is 101 cm³/mol. The Bertz CT molecular complexity index is 849. The van der Waals surface area contributed by atoms with E-state index in [1.165, 1.54) is 5.56 Å². The third-order valence-electron chi connectivity index (χ3n) is 4.85. The highest BCUT2D eigenvalue weighted by Crippen LogP contribution is 2.31. The van der Waals surface area contributed by atoms with Crippen molar-refractivity contribution in [2.45, 2.75) is 18.9 Å². The van der Waals surface area contributed by atoms with Crippen LogP contribution in [0.4, 0.5) is 5.69 Å². The van der Waals surface area contributed by atoms with E-state index < -0.39 is 0 Å². The number of hydrogen-bond donors (Lipinski definition) is 2. The quantitative estimate of drug-likeness (QED) is 0.655. The first-order chi connectivity index (χ1) is 12.7. The van der Waals surface area contributed by atoms with Crippen LogP contribution in [-0.2, 0) is 11.2 Å². The van der Waals surface area contributed by atoms with E-state index in [9.17, 15) is 4.79 Å². The number of anilines is 1. The Balaban J connectivity index is 1.40. The zero-order valence-corrected chi connectivity index (χ0v) is 14.5. The molecule has 2 aliphatic rings. The Morgan fingerprint density at radius 1 is 1.23 bits per heavy atom. The minimum Gasteiger partial charge on any atom is -0.493 e. The Hall–Kier alpha value is -3.02. The molecular formula is C20H22N4O2. The summed E-state index contributed by atoms with van der Waals surface area (Å²) in [5.41, 5.74) is 9.28. The zero-order valence-electron chi connectivity index (χ0n) is 14.5. The van der Waals surface area contributed by atoms with Crippen LogP contribution in [-0.4, -0.2) is 31.6 Å². The SMILES string of the molecule is NC(=NCC(=O)N1CCc2ccccc21)NC1CCOc2ccccc21. The van der Waals surface area contributed by atoms with Crippen molar-refractivity contribution >= 4 is 17.6 Å². The van der Waals surface area contributed by atoms with Crippen LogP contribution in [0.2, 0.25) is 0 Å². The lowest BCUT2D eigenvalue weighted by molar-refractivity contribution is -0.117. The van der Waals surface area contributed by atoms with Crippen molar-refractivity contribution in [3.63, 3.8) is 0 Å². The summed E-state index contributed by atoms with van der Waals surface area (Å²) in [5.74, 6) is 1.12. The number of carbonyl (C=O) groups is 1. The number of aliphatic imine (C=N–C) groups is 1. The maximum atomic E-state index is 12.5. The molecular weight excluding hydrogens is 328 g/mol. The molecule has 2 heterocycles. The number of guanidine groups is 1. The van der Waals surface area contributed by atoms with Crippen molar-refractivity contribution in [2.24, 2.45) is 10.7 Å². The fourth-order valence-electron chi connectivity index (χ4n) is 3.55. The van der Waals surface area contributed by atoms with Crippen molar-refractivity contribution < 1.29 is 9.53 Å². The van der Waals surface area contributed by atoms with Crippen molar-refractivity contribution in [1.82, 2.24) is 5.32 Å². The monoisotopic (exact) mass is 350 g/mol. The van der Waals surface area contributed by atoms with Crippen molar-refractivity contribution in [3.05, 3.63) is 59.7 Å². The second-order valence-corrected chi connectivity index (χ2v) is 6.50. The molecule has 4 rings (SSSR count). The summed E-state index contributed by atoms with van der Waals surface area (Å²) in [5, 5.41) is 3.22. The average Bonchev–Trinajstić information content (AvgIpc) is 3.11. The number of nitrogens with one attached hydrogen (secondary N) is 1. The lowest BCUT2D eigenvalue weighted by Crippen LogP contribution is -2.38. The molecule has 0 aliphatic carbocycles. The first kappa shape index (κ1) is 16.4. The van der Waals surface area contributed by atoms with Gasteiger partial charge in [-0.05, 0) is 24.1 Å². The molecule has 1 amide bonds. The maximum Gasteiger partial charge on any atom is 0.248 e. The topological polar surface area (TPSA) is 80.0 Å². The summed E-state index contributed by atoms with van der Waals surface area (Å²) < 4.78 is 5.65. The number of fused-ring (bicyclic) bond motifs is 2. The summed E-state index contributed by atoms with van der Waals surface area (Å²) >= 11 is 0. The van der Waals surface area contributed by atoms with Crippen LogP contribution in [0.15, 0.2) is 53.5 Å². The van der Waals surface area contributed by atoms with E-state index in [-0.39, 0.29) is 24.5 Å². The number of ether oxygens (including phenoxy) is 1. The molecule has 2 aliphatic heterocycles. The first-order valence-corrected chi connectivity index (χ1v) is 8.89. The predicted octanol–water partition coefficient (Wildman–Crippen LogP) is 2.00. The third-order valence-corrected chi connectivity index (χ3v) is 4.85. The van der Waals surface area contributed by atoms with E-state index in [1.54, 1.807) is 4.90 Å². The number of nitrogens with two attached hydrogens (primary N) is 1. The van der Waals surface area contributed by atoms with E-state index >= 15 is 0 Å². The van der Waals surface area contributed by atoms with Gasteiger partial charge in [-0.2, -0.15) is 0 Å². The van der Waals surface area contributed by atoms with Gasteiger partial charge in [-0.25, -0.2) is 4.99 Å². The fourth-order valence-corrected chi connectivity index (χ4v) is 3.55. The van der Waals surface area contributed by atoms with Crippen LogP contribution < -0.4 is 20.7 Å². The number of hydrogen-bond acceptors (Lipinski definition) is 3. The zero-order chi connectivity index (χ0) is 17.9. The highest BCUT2D eigenvalue weighted by molar-refractivity contribution is 5.97. The molecule has 134 valence electrons. The van der Waals surface area contributed by atoms with E-state index in [0.29, 0.717) is 13.2 Å². The molecule has 0 aromatic heterocycles. The Kier molecular flexibility index (Phi) is 4.48. The van der Waals surface area contributed by atoms with Crippen LogP contribution >= 0.6 is 0 Å². The summed E-state index contributed by atoms with van der Waals surface area (Å²) in [6.07, 6.45) is 1.69. The minimum absolute atomic E-state index is 0.0351. The summed E-state index contributed by atoms with van der Waals surface area (Å²) in [6.45, 7) is 1.37. The maximum absolute atomic E-state index is 12.5. The Morgan fingerprint density at radius 3 is 2.96 bits per heavy atom.